The van der Waals surface area contributed by atoms with Gasteiger partial charge in [-0.15, -0.1) is 11.3 Å². The Hall–Kier alpha value is -2.73. The molecule has 2 heterocycles. The van der Waals surface area contributed by atoms with Crippen molar-refractivity contribution in [3.05, 3.63) is 89.5 Å². The molecule has 0 saturated carbocycles. The number of likely N-dealkylation sites (tertiary alicyclic amines) is 1. The van der Waals surface area contributed by atoms with Crippen LogP contribution in [-0.2, 0) is 6.54 Å². The van der Waals surface area contributed by atoms with Crippen molar-refractivity contribution in [2.75, 3.05) is 13.1 Å². The molecule has 5 rings (SSSR count). The number of carbonyl (C=O) groups is 1. The molecule has 40 heavy (non-hydrogen) atoms. The number of hydrogen-bond acceptors (Lipinski definition) is 4. The molecule has 0 N–H and O–H groups in total. The lowest BCUT2D eigenvalue weighted by atomic mass is 9.97. The van der Waals surface area contributed by atoms with Gasteiger partial charge in [0.2, 0.25) is 0 Å². The van der Waals surface area contributed by atoms with E-state index in [-0.39, 0.29) is 5.78 Å². The number of rotatable bonds is 10. The summed E-state index contributed by atoms with van der Waals surface area (Å²) in [6, 6.07) is 25.0. The van der Waals surface area contributed by atoms with E-state index in [9.17, 15) is 4.79 Å². The normalized spacial score (nSPS) is 14.6. The predicted octanol–water partition coefficient (Wildman–Crippen LogP) is 9.95. The quantitative estimate of drug-likeness (QED) is 0.141. The van der Waals surface area contributed by atoms with E-state index >= 15 is 0 Å². The second-order valence-corrected chi connectivity index (χ2v) is 18.7. The highest BCUT2D eigenvalue weighted by Crippen LogP contribution is 2.44. The number of carbonyl (C=O) groups excluding carboxylic acids is 1. The topological polar surface area (TPSA) is 29.5 Å². The highest BCUT2D eigenvalue weighted by Gasteiger charge is 2.47. The van der Waals surface area contributed by atoms with Gasteiger partial charge in [-0.05, 0) is 84.0 Å². The van der Waals surface area contributed by atoms with Crippen LogP contribution >= 0.6 is 11.3 Å². The van der Waals surface area contributed by atoms with E-state index in [1.807, 2.05) is 18.2 Å². The third-order valence-electron chi connectivity index (χ3n) is 8.76. The molecule has 4 aromatic rings. The van der Waals surface area contributed by atoms with Crippen molar-refractivity contribution in [1.29, 1.82) is 0 Å². The monoisotopic (exact) mass is 569 g/mol. The Bertz CT molecular complexity index is 1430. The minimum Gasteiger partial charge on any atom is -0.543 e. The number of fused-ring (bicyclic) bond motifs is 1. The molecule has 5 heteroatoms. The largest absolute Gasteiger partial charge is 0.543 e. The van der Waals surface area contributed by atoms with Crippen LogP contribution in [0.5, 0.6) is 5.75 Å². The van der Waals surface area contributed by atoms with Crippen molar-refractivity contribution in [2.24, 2.45) is 0 Å². The molecule has 1 aliphatic heterocycles. The maximum Gasteiger partial charge on any atom is 0.258 e. The average molecular weight is 570 g/mol. The first-order chi connectivity index (χ1) is 19.2. The summed E-state index contributed by atoms with van der Waals surface area (Å²) in [5.41, 5.74) is 5.43. The molecule has 1 aromatic heterocycles. The van der Waals surface area contributed by atoms with Crippen LogP contribution in [0, 0.1) is 0 Å². The van der Waals surface area contributed by atoms with Gasteiger partial charge in [-0.25, -0.2) is 0 Å². The van der Waals surface area contributed by atoms with Crippen molar-refractivity contribution in [3.63, 3.8) is 0 Å². The Morgan fingerprint density at radius 3 is 2.02 bits per heavy atom. The van der Waals surface area contributed by atoms with Gasteiger partial charge >= 0.3 is 0 Å². The van der Waals surface area contributed by atoms with Gasteiger partial charge < -0.3 is 4.43 Å². The lowest BCUT2D eigenvalue weighted by Gasteiger charge is -2.42. The average Bonchev–Trinajstić information content (AvgIpc) is 3.59. The van der Waals surface area contributed by atoms with Gasteiger partial charge in [-0.3, -0.25) is 9.69 Å². The van der Waals surface area contributed by atoms with E-state index in [4.69, 9.17) is 4.43 Å². The Morgan fingerprint density at radius 1 is 0.825 bits per heavy atom. The Balaban J connectivity index is 1.46. The lowest BCUT2D eigenvalue weighted by Crippen LogP contribution is -2.50. The van der Waals surface area contributed by atoms with Gasteiger partial charge in [0.1, 0.15) is 5.75 Å². The highest BCUT2D eigenvalue weighted by molar-refractivity contribution is 7.22. The molecular weight excluding hydrogens is 527 g/mol. The molecule has 0 unspecified atom stereocenters. The number of benzene rings is 3. The van der Waals surface area contributed by atoms with E-state index in [2.05, 4.69) is 101 Å². The third kappa shape index (κ3) is 5.56. The summed E-state index contributed by atoms with van der Waals surface area (Å²) in [5.74, 6) is 1.03. The van der Waals surface area contributed by atoms with Crippen LogP contribution in [-0.4, -0.2) is 32.1 Å². The van der Waals surface area contributed by atoms with Gasteiger partial charge in [-0.1, -0.05) is 84.0 Å². The summed E-state index contributed by atoms with van der Waals surface area (Å²) in [4.78, 5) is 17.5. The van der Waals surface area contributed by atoms with Crippen LogP contribution in [0.2, 0.25) is 16.6 Å². The zero-order valence-electron chi connectivity index (χ0n) is 24.9. The standard InChI is InChI=1S/C35H43NO2SSi/c1-24(2)40(25(3)4,26(5)6)38-30-19-17-29(18-20-30)35-33(31-11-7-8-12-32(31)39-35)34(37)28-15-13-27(14-16-28)23-36-21-9-10-22-36/h7-8,11-20,24-26H,9-10,21-23H2,1-6H3. The fourth-order valence-electron chi connectivity index (χ4n) is 6.81. The third-order valence-corrected chi connectivity index (χ3v) is 16.0. The number of ketones is 1. The van der Waals surface area contributed by atoms with Crippen molar-refractivity contribution >= 4 is 35.5 Å². The van der Waals surface area contributed by atoms with Gasteiger partial charge in [0.25, 0.3) is 8.32 Å². The van der Waals surface area contributed by atoms with Crippen LogP contribution < -0.4 is 4.43 Å². The van der Waals surface area contributed by atoms with Crippen LogP contribution in [0.3, 0.4) is 0 Å². The van der Waals surface area contributed by atoms with E-state index < -0.39 is 8.32 Å². The molecule has 0 radical (unpaired) electrons. The first-order valence-corrected chi connectivity index (χ1v) is 17.8. The molecule has 0 spiro atoms. The molecule has 210 valence electrons. The molecule has 0 bridgehead atoms. The molecule has 3 aromatic carbocycles. The van der Waals surface area contributed by atoms with Crippen molar-refractivity contribution in [1.82, 2.24) is 4.90 Å². The summed E-state index contributed by atoms with van der Waals surface area (Å²) >= 11 is 1.70. The van der Waals surface area contributed by atoms with E-state index in [1.54, 1.807) is 11.3 Å². The molecule has 0 atom stereocenters. The fourth-order valence-corrected chi connectivity index (χ4v) is 13.3. The van der Waals surface area contributed by atoms with E-state index in [1.165, 1.54) is 31.5 Å². The van der Waals surface area contributed by atoms with Crippen LogP contribution in [0.15, 0.2) is 72.8 Å². The van der Waals surface area contributed by atoms with Crippen molar-refractivity contribution in [3.8, 4) is 16.2 Å². The van der Waals surface area contributed by atoms with Crippen molar-refractivity contribution in [2.45, 2.75) is 77.6 Å². The smallest absolute Gasteiger partial charge is 0.258 e. The van der Waals surface area contributed by atoms with Gasteiger partial charge in [0, 0.05) is 32.6 Å². The zero-order valence-corrected chi connectivity index (χ0v) is 26.7. The molecule has 0 amide bonds. The molecule has 1 saturated heterocycles. The SMILES string of the molecule is CC(C)[Si](Oc1ccc(-c2sc3ccccc3c2C(=O)c2ccc(CN3CCCC3)cc2)cc1)(C(C)C)C(C)C. The first-order valence-electron chi connectivity index (χ1n) is 14.9. The molecule has 1 fully saturated rings. The Morgan fingerprint density at radius 2 is 1.43 bits per heavy atom. The highest BCUT2D eigenvalue weighted by atomic mass is 32.1. The number of nitrogens with zero attached hydrogens (tertiary/aromatic N) is 1. The molecule has 0 aliphatic carbocycles. The number of thiophene rings is 1. The second-order valence-electron chi connectivity index (χ2n) is 12.3. The fraction of sp³-hybridized carbons (Fsp3) is 0.400. The Labute approximate surface area is 245 Å². The maximum atomic E-state index is 14.0. The van der Waals surface area contributed by atoms with Gasteiger partial charge in [0.05, 0.1) is 0 Å². The van der Waals surface area contributed by atoms with Crippen molar-refractivity contribution < 1.29 is 9.22 Å². The van der Waals surface area contributed by atoms with Gasteiger partial charge in [0.15, 0.2) is 5.78 Å². The summed E-state index contributed by atoms with van der Waals surface area (Å²) in [6.45, 7) is 17.2. The summed E-state index contributed by atoms with van der Waals surface area (Å²) in [5, 5.41) is 1.03. The van der Waals surface area contributed by atoms with E-state index in [0.717, 1.165) is 43.9 Å². The van der Waals surface area contributed by atoms with E-state index in [0.29, 0.717) is 16.6 Å². The van der Waals surface area contributed by atoms with Crippen LogP contribution in [0.25, 0.3) is 20.5 Å². The molecule has 1 aliphatic rings. The molecule has 3 nitrogen and oxygen atoms in total. The van der Waals surface area contributed by atoms with Gasteiger partial charge in [-0.2, -0.15) is 0 Å². The predicted molar refractivity (Wildman–Crippen MR) is 173 cm³/mol. The maximum absolute atomic E-state index is 14.0. The van der Waals surface area contributed by atoms with Crippen LogP contribution in [0.4, 0.5) is 0 Å². The second kappa shape index (κ2) is 12.0. The summed E-state index contributed by atoms with van der Waals surface area (Å²) < 4.78 is 8.05. The minimum atomic E-state index is -2.04. The minimum absolute atomic E-state index is 0.0892. The summed E-state index contributed by atoms with van der Waals surface area (Å²) in [7, 11) is -2.04. The number of hydrogen-bond donors (Lipinski definition) is 0. The lowest BCUT2D eigenvalue weighted by molar-refractivity contribution is 0.104. The Kier molecular flexibility index (Phi) is 8.65. The zero-order chi connectivity index (χ0) is 28.4. The summed E-state index contributed by atoms with van der Waals surface area (Å²) in [6.07, 6.45) is 2.57. The first kappa shape index (κ1) is 28.8. The molecular formula is C35H43NO2SSi. The van der Waals surface area contributed by atoms with Crippen LogP contribution in [0.1, 0.15) is 75.9 Å².